The monoisotopic (exact) mass is 391 g/mol. The Balaban J connectivity index is 1.65. The van der Waals surface area contributed by atoms with E-state index in [1.807, 2.05) is 13.8 Å². The molecule has 27 heavy (non-hydrogen) atoms. The zero-order valence-corrected chi connectivity index (χ0v) is 16.5. The predicted octanol–water partition coefficient (Wildman–Crippen LogP) is 3.04. The number of hydrogen-bond acceptors (Lipinski definition) is 5. The van der Waals surface area contributed by atoms with Crippen LogP contribution in [0.1, 0.15) is 42.7 Å². The summed E-state index contributed by atoms with van der Waals surface area (Å²) < 4.78 is 32.2. The number of piperidine rings is 1. The van der Waals surface area contributed by atoms with Gasteiger partial charge in [-0.2, -0.15) is 4.31 Å². The number of rotatable bonds is 6. The zero-order valence-electron chi connectivity index (χ0n) is 15.7. The summed E-state index contributed by atoms with van der Waals surface area (Å²) in [5.41, 5.74) is 2.21. The van der Waals surface area contributed by atoms with Crippen LogP contribution in [0.2, 0.25) is 0 Å². The molecule has 1 aromatic heterocycles. The summed E-state index contributed by atoms with van der Waals surface area (Å²) in [5.74, 6) is 0.539. The first kappa shape index (κ1) is 19.6. The predicted molar refractivity (Wildman–Crippen MR) is 102 cm³/mol. The van der Waals surface area contributed by atoms with Crippen molar-refractivity contribution >= 4 is 21.6 Å². The second kappa shape index (κ2) is 8.22. The Morgan fingerprint density at radius 3 is 2.63 bits per heavy atom. The van der Waals surface area contributed by atoms with E-state index in [9.17, 15) is 13.2 Å². The number of anilines is 1. The molecule has 0 spiro atoms. The molecule has 2 aromatic rings. The molecule has 1 N–H and O–H groups in total. The van der Waals surface area contributed by atoms with E-state index < -0.39 is 10.0 Å². The lowest BCUT2D eigenvalue weighted by atomic mass is 10.1. The van der Waals surface area contributed by atoms with Gasteiger partial charge in [-0.05, 0) is 51.3 Å². The first-order valence-corrected chi connectivity index (χ1v) is 10.6. The maximum Gasteiger partial charge on any atom is 0.243 e. The molecule has 0 radical (unpaired) electrons. The third-order valence-electron chi connectivity index (χ3n) is 4.85. The van der Waals surface area contributed by atoms with Gasteiger partial charge in [-0.1, -0.05) is 17.6 Å². The molecule has 0 saturated carbocycles. The summed E-state index contributed by atoms with van der Waals surface area (Å²) in [6.07, 6.45) is 3.63. The average molecular weight is 391 g/mol. The minimum absolute atomic E-state index is 0.178. The largest absolute Gasteiger partial charge is 0.361 e. The minimum Gasteiger partial charge on any atom is -0.361 e. The first-order valence-electron chi connectivity index (χ1n) is 9.20. The van der Waals surface area contributed by atoms with Gasteiger partial charge in [0, 0.05) is 30.8 Å². The number of nitrogens with one attached hydrogen (secondary N) is 1. The highest BCUT2D eigenvalue weighted by Gasteiger charge is 2.26. The highest BCUT2D eigenvalue weighted by molar-refractivity contribution is 7.89. The van der Waals surface area contributed by atoms with E-state index in [-0.39, 0.29) is 17.2 Å². The van der Waals surface area contributed by atoms with Crippen LogP contribution >= 0.6 is 0 Å². The van der Waals surface area contributed by atoms with E-state index in [1.165, 1.54) is 10.4 Å². The summed E-state index contributed by atoms with van der Waals surface area (Å²) >= 11 is 0. The molecule has 0 aliphatic carbocycles. The molecular formula is C19H25N3O4S. The van der Waals surface area contributed by atoms with Crippen molar-refractivity contribution in [1.82, 2.24) is 9.46 Å². The van der Waals surface area contributed by atoms with Crippen LogP contribution in [0.5, 0.6) is 0 Å². The number of carbonyl (C=O) groups excluding carboxylic acids is 1. The third kappa shape index (κ3) is 4.56. The van der Waals surface area contributed by atoms with Crippen molar-refractivity contribution in [2.75, 3.05) is 18.4 Å². The standard InChI is InChI=1S/C19H25N3O4S/c1-14-18(15(2)26-21-14)9-10-19(23)20-16-7-6-8-17(13-16)27(24,25)22-11-4-3-5-12-22/h6-8,13H,3-5,9-12H2,1-2H3,(H,20,23). The fourth-order valence-corrected chi connectivity index (χ4v) is 4.87. The molecule has 146 valence electrons. The lowest BCUT2D eigenvalue weighted by Gasteiger charge is -2.26. The van der Waals surface area contributed by atoms with E-state index >= 15 is 0 Å². The van der Waals surface area contributed by atoms with Crippen LogP contribution in [0, 0.1) is 13.8 Å². The van der Waals surface area contributed by atoms with Crippen molar-refractivity contribution in [3.63, 3.8) is 0 Å². The van der Waals surface area contributed by atoms with Crippen LogP contribution < -0.4 is 5.32 Å². The molecule has 1 amide bonds. The number of sulfonamides is 1. The molecule has 0 atom stereocenters. The van der Waals surface area contributed by atoms with Gasteiger partial charge in [0.15, 0.2) is 0 Å². The fourth-order valence-electron chi connectivity index (χ4n) is 3.31. The molecule has 7 nitrogen and oxygen atoms in total. The maximum atomic E-state index is 12.8. The van der Waals surface area contributed by atoms with E-state index in [0.29, 0.717) is 25.2 Å². The number of benzene rings is 1. The summed E-state index contributed by atoms with van der Waals surface area (Å²) in [5, 5.41) is 6.67. The normalized spacial score (nSPS) is 15.6. The van der Waals surface area contributed by atoms with Gasteiger partial charge in [-0.25, -0.2) is 8.42 Å². The van der Waals surface area contributed by atoms with Crippen LogP contribution in [-0.2, 0) is 21.2 Å². The number of carbonyl (C=O) groups is 1. The Labute approximate surface area is 159 Å². The number of aryl methyl sites for hydroxylation is 2. The zero-order chi connectivity index (χ0) is 19.4. The van der Waals surface area contributed by atoms with Crippen molar-refractivity contribution in [3.05, 3.63) is 41.3 Å². The van der Waals surface area contributed by atoms with Crippen LogP contribution in [0.15, 0.2) is 33.7 Å². The molecule has 1 fully saturated rings. The number of amides is 1. The number of nitrogens with zero attached hydrogens (tertiary/aromatic N) is 2. The van der Waals surface area contributed by atoms with Gasteiger partial charge in [-0.15, -0.1) is 0 Å². The summed E-state index contributed by atoms with van der Waals surface area (Å²) in [6, 6.07) is 6.45. The molecule has 1 aliphatic rings. The third-order valence-corrected chi connectivity index (χ3v) is 6.75. The first-order chi connectivity index (χ1) is 12.9. The molecule has 0 bridgehead atoms. The Bertz CT molecular complexity index is 895. The number of aromatic nitrogens is 1. The smallest absolute Gasteiger partial charge is 0.243 e. The van der Waals surface area contributed by atoms with Gasteiger partial charge in [0.1, 0.15) is 5.76 Å². The van der Waals surface area contributed by atoms with Gasteiger partial charge in [0.05, 0.1) is 10.6 Å². The number of hydrogen-bond donors (Lipinski definition) is 1. The fraction of sp³-hybridized carbons (Fsp3) is 0.474. The van der Waals surface area contributed by atoms with Crippen molar-refractivity contribution in [1.29, 1.82) is 0 Å². The van der Waals surface area contributed by atoms with Crippen LogP contribution in [0.4, 0.5) is 5.69 Å². The molecule has 1 saturated heterocycles. The van der Waals surface area contributed by atoms with Gasteiger partial charge >= 0.3 is 0 Å². The lowest BCUT2D eigenvalue weighted by Crippen LogP contribution is -2.35. The van der Waals surface area contributed by atoms with Gasteiger partial charge in [0.2, 0.25) is 15.9 Å². The van der Waals surface area contributed by atoms with E-state index in [1.54, 1.807) is 18.2 Å². The topological polar surface area (TPSA) is 92.5 Å². The highest BCUT2D eigenvalue weighted by Crippen LogP contribution is 2.23. The van der Waals surface area contributed by atoms with E-state index in [4.69, 9.17) is 4.52 Å². The minimum atomic E-state index is -3.52. The van der Waals surface area contributed by atoms with Crippen molar-refractivity contribution in [2.24, 2.45) is 0 Å². The summed E-state index contributed by atoms with van der Waals surface area (Å²) in [4.78, 5) is 12.5. The van der Waals surface area contributed by atoms with Gasteiger partial charge in [-0.3, -0.25) is 4.79 Å². The highest BCUT2D eigenvalue weighted by atomic mass is 32.2. The molecular weight excluding hydrogens is 366 g/mol. The van der Waals surface area contributed by atoms with E-state index in [0.717, 1.165) is 36.3 Å². The molecule has 8 heteroatoms. The van der Waals surface area contributed by atoms with Crippen molar-refractivity contribution in [3.8, 4) is 0 Å². The summed E-state index contributed by atoms with van der Waals surface area (Å²) in [7, 11) is -3.52. The van der Waals surface area contributed by atoms with E-state index in [2.05, 4.69) is 10.5 Å². The molecule has 3 rings (SSSR count). The van der Waals surface area contributed by atoms with Crippen LogP contribution in [0.3, 0.4) is 0 Å². The van der Waals surface area contributed by atoms with Crippen molar-refractivity contribution < 1.29 is 17.7 Å². The Hall–Kier alpha value is -2.19. The maximum absolute atomic E-state index is 12.8. The second-order valence-corrected chi connectivity index (χ2v) is 8.78. The Morgan fingerprint density at radius 1 is 1.22 bits per heavy atom. The van der Waals surface area contributed by atoms with Crippen LogP contribution in [0.25, 0.3) is 0 Å². The molecule has 1 aliphatic heterocycles. The molecule has 0 unspecified atom stereocenters. The Kier molecular flexibility index (Phi) is 5.96. The van der Waals surface area contributed by atoms with Crippen molar-refractivity contribution in [2.45, 2.75) is 50.8 Å². The van der Waals surface area contributed by atoms with Crippen LogP contribution in [-0.4, -0.2) is 36.9 Å². The lowest BCUT2D eigenvalue weighted by molar-refractivity contribution is -0.116. The SMILES string of the molecule is Cc1noc(C)c1CCC(=O)Nc1cccc(S(=O)(=O)N2CCCCC2)c1. The summed E-state index contributed by atoms with van der Waals surface area (Å²) in [6.45, 7) is 4.77. The molecule has 1 aromatic carbocycles. The quantitative estimate of drug-likeness (QED) is 0.817. The average Bonchev–Trinajstić information content (AvgIpc) is 2.99. The van der Waals surface area contributed by atoms with Gasteiger partial charge < -0.3 is 9.84 Å². The molecule has 2 heterocycles. The van der Waals surface area contributed by atoms with Gasteiger partial charge in [0.25, 0.3) is 0 Å². The Morgan fingerprint density at radius 2 is 1.96 bits per heavy atom. The second-order valence-electron chi connectivity index (χ2n) is 6.84.